The zero-order chi connectivity index (χ0) is 19.3. The number of nitrogens with zero attached hydrogens (tertiary/aromatic N) is 1. The van der Waals surface area contributed by atoms with Crippen molar-refractivity contribution in [2.75, 3.05) is 25.5 Å². The van der Waals surface area contributed by atoms with Crippen LogP contribution in [0.3, 0.4) is 0 Å². The van der Waals surface area contributed by atoms with Crippen molar-refractivity contribution in [1.29, 1.82) is 0 Å². The number of carbonyl (C=O) groups is 1. The molecule has 0 aliphatic carbocycles. The van der Waals surface area contributed by atoms with E-state index < -0.39 is 39.8 Å². The summed E-state index contributed by atoms with van der Waals surface area (Å²) in [6, 6.07) is 8.81. The molecule has 0 fully saturated rings. The highest BCUT2D eigenvalue weighted by Gasteiger charge is 2.26. The van der Waals surface area contributed by atoms with E-state index in [9.17, 15) is 22.0 Å². The third-order valence-electron chi connectivity index (χ3n) is 3.60. The molecule has 1 amide bonds. The van der Waals surface area contributed by atoms with Gasteiger partial charge in [0.05, 0.1) is 18.6 Å². The lowest BCUT2D eigenvalue weighted by Gasteiger charge is -2.20. The topological polar surface area (TPSA) is 75.7 Å². The van der Waals surface area contributed by atoms with Gasteiger partial charge in [-0.1, -0.05) is 13.0 Å². The largest absolute Gasteiger partial charge is 0.497 e. The van der Waals surface area contributed by atoms with Gasteiger partial charge >= 0.3 is 0 Å². The van der Waals surface area contributed by atoms with Crippen molar-refractivity contribution >= 4 is 21.6 Å². The van der Waals surface area contributed by atoms with Gasteiger partial charge in [-0.3, -0.25) is 4.79 Å². The van der Waals surface area contributed by atoms with Crippen LogP contribution in [0.15, 0.2) is 47.4 Å². The van der Waals surface area contributed by atoms with Crippen molar-refractivity contribution < 1.29 is 26.7 Å². The lowest BCUT2D eigenvalue weighted by Crippen LogP contribution is -2.38. The molecule has 0 atom stereocenters. The molecular formula is C17H18F2N2O4S. The molecule has 0 radical (unpaired) electrons. The molecule has 26 heavy (non-hydrogen) atoms. The van der Waals surface area contributed by atoms with Crippen LogP contribution >= 0.6 is 0 Å². The molecule has 9 heteroatoms. The fraction of sp³-hybridized carbons (Fsp3) is 0.235. The van der Waals surface area contributed by atoms with Crippen molar-refractivity contribution in [3.8, 4) is 5.75 Å². The lowest BCUT2D eigenvalue weighted by atomic mass is 10.3. The highest BCUT2D eigenvalue weighted by molar-refractivity contribution is 7.89. The van der Waals surface area contributed by atoms with E-state index in [4.69, 9.17) is 4.74 Å². The first kappa shape index (κ1) is 19.8. The Balaban J connectivity index is 2.18. The minimum absolute atomic E-state index is 0.00152. The monoisotopic (exact) mass is 384 g/mol. The number of hydrogen-bond donors (Lipinski definition) is 1. The number of halogens is 2. The second kappa shape index (κ2) is 8.24. The summed E-state index contributed by atoms with van der Waals surface area (Å²) >= 11 is 0. The summed E-state index contributed by atoms with van der Waals surface area (Å²) in [4.78, 5) is 12.1. The minimum Gasteiger partial charge on any atom is -0.497 e. The van der Waals surface area contributed by atoms with Gasteiger partial charge in [-0.25, -0.2) is 17.2 Å². The number of para-hydroxylation sites is 1. The van der Waals surface area contributed by atoms with Crippen LogP contribution in [0, 0.1) is 11.6 Å². The van der Waals surface area contributed by atoms with E-state index in [2.05, 4.69) is 5.32 Å². The Morgan fingerprint density at radius 1 is 1.12 bits per heavy atom. The Morgan fingerprint density at radius 2 is 1.69 bits per heavy atom. The van der Waals surface area contributed by atoms with Gasteiger partial charge in [0, 0.05) is 6.54 Å². The van der Waals surface area contributed by atoms with E-state index in [0.29, 0.717) is 5.75 Å². The Hall–Kier alpha value is -2.52. The number of sulfonamides is 1. The number of anilines is 1. The summed E-state index contributed by atoms with van der Waals surface area (Å²) in [6.45, 7) is 0.970. The van der Waals surface area contributed by atoms with Gasteiger partial charge in [0.1, 0.15) is 23.1 Å². The number of rotatable bonds is 7. The van der Waals surface area contributed by atoms with Gasteiger partial charge in [0.2, 0.25) is 15.9 Å². The maximum atomic E-state index is 13.6. The number of hydrogen-bond acceptors (Lipinski definition) is 4. The predicted octanol–water partition coefficient (Wildman–Crippen LogP) is 2.62. The van der Waals surface area contributed by atoms with Crippen molar-refractivity contribution in [3.05, 3.63) is 54.1 Å². The second-order valence-corrected chi connectivity index (χ2v) is 7.19. The second-order valence-electron chi connectivity index (χ2n) is 5.25. The molecule has 0 aliphatic rings. The first-order chi connectivity index (χ1) is 12.3. The maximum absolute atomic E-state index is 13.6. The van der Waals surface area contributed by atoms with Crippen LogP contribution in [-0.4, -0.2) is 38.8 Å². The maximum Gasteiger partial charge on any atom is 0.243 e. The van der Waals surface area contributed by atoms with Crippen LogP contribution in [0.2, 0.25) is 0 Å². The van der Waals surface area contributed by atoms with Crippen molar-refractivity contribution in [2.45, 2.75) is 11.8 Å². The van der Waals surface area contributed by atoms with Crippen molar-refractivity contribution in [2.24, 2.45) is 0 Å². The van der Waals surface area contributed by atoms with Gasteiger partial charge in [0.25, 0.3) is 0 Å². The molecule has 0 bridgehead atoms. The van der Waals surface area contributed by atoms with E-state index in [1.807, 2.05) is 0 Å². The van der Waals surface area contributed by atoms with Gasteiger partial charge in [-0.05, 0) is 36.4 Å². The smallest absolute Gasteiger partial charge is 0.243 e. The molecule has 0 aliphatic heterocycles. The molecule has 0 saturated heterocycles. The average molecular weight is 384 g/mol. The molecule has 0 unspecified atom stereocenters. The summed E-state index contributed by atoms with van der Waals surface area (Å²) in [5.74, 6) is -2.26. The third kappa shape index (κ3) is 4.36. The quantitative estimate of drug-likeness (QED) is 0.796. The molecule has 0 spiro atoms. The van der Waals surface area contributed by atoms with Crippen LogP contribution in [0.1, 0.15) is 6.92 Å². The van der Waals surface area contributed by atoms with Crippen LogP contribution in [0.25, 0.3) is 0 Å². The number of carbonyl (C=O) groups excluding carboxylic acids is 1. The summed E-state index contributed by atoms with van der Waals surface area (Å²) in [6.07, 6.45) is 0. The lowest BCUT2D eigenvalue weighted by molar-refractivity contribution is -0.116. The standard InChI is InChI=1S/C17H18F2N2O4S/c1-3-21(26(23,24)13-9-7-12(25-2)8-10-13)11-16(22)20-17-14(18)5-4-6-15(17)19/h4-10H,3,11H2,1-2H3,(H,20,22). The van der Waals surface area contributed by atoms with Crippen molar-refractivity contribution in [3.63, 3.8) is 0 Å². The number of methoxy groups -OCH3 is 1. The molecule has 1 N–H and O–H groups in total. The molecule has 0 saturated carbocycles. The van der Waals surface area contributed by atoms with E-state index in [1.54, 1.807) is 6.92 Å². The van der Waals surface area contributed by atoms with Crippen LogP contribution in [-0.2, 0) is 14.8 Å². The van der Waals surface area contributed by atoms with Crippen LogP contribution in [0.5, 0.6) is 5.75 Å². The number of amides is 1. The number of nitrogens with one attached hydrogen (secondary N) is 1. The zero-order valence-electron chi connectivity index (χ0n) is 14.2. The Bertz CT molecular complexity index is 866. The summed E-state index contributed by atoms with van der Waals surface area (Å²) in [5, 5.41) is 2.07. The Labute approximate surface area is 150 Å². The first-order valence-electron chi connectivity index (χ1n) is 7.67. The van der Waals surface area contributed by atoms with Crippen LogP contribution < -0.4 is 10.1 Å². The normalized spacial score (nSPS) is 11.4. The minimum atomic E-state index is -3.95. The summed E-state index contributed by atoms with van der Waals surface area (Å²) in [5.41, 5.74) is -0.615. The van der Waals surface area contributed by atoms with E-state index in [1.165, 1.54) is 31.4 Å². The highest BCUT2D eigenvalue weighted by atomic mass is 32.2. The molecule has 140 valence electrons. The molecule has 2 rings (SSSR count). The average Bonchev–Trinajstić information content (AvgIpc) is 2.62. The van der Waals surface area contributed by atoms with E-state index >= 15 is 0 Å². The third-order valence-corrected chi connectivity index (χ3v) is 5.53. The molecule has 0 heterocycles. The van der Waals surface area contributed by atoms with Gasteiger partial charge in [0.15, 0.2) is 0 Å². The molecule has 2 aromatic rings. The zero-order valence-corrected chi connectivity index (χ0v) is 15.0. The highest BCUT2D eigenvalue weighted by Crippen LogP contribution is 2.21. The predicted molar refractivity (Wildman–Crippen MR) is 92.4 cm³/mol. The van der Waals surface area contributed by atoms with Crippen LogP contribution in [0.4, 0.5) is 14.5 Å². The Morgan fingerprint density at radius 3 is 2.19 bits per heavy atom. The van der Waals surface area contributed by atoms with E-state index in [0.717, 1.165) is 22.5 Å². The number of benzene rings is 2. The summed E-state index contributed by atoms with van der Waals surface area (Å²) in [7, 11) is -2.50. The molecule has 0 aromatic heterocycles. The van der Waals surface area contributed by atoms with Crippen molar-refractivity contribution in [1.82, 2.24) is 4.31 Å². The fourth-order valence-corrected chi connectivity index (χ4v) is 3.63. The van der Waals surface area contributed by atoms with Gasteiger partial charge < -0.3 is 10.1 Å². The molecular weight excluding hydrogens is 366 g/mol. The Kier molecular flexibility index (Phi) is 6.27. The first-order valence-corrected chi connectivity index (χ1v) is 9.11. The van der Waals surface area contributed by atoms with Gasteiger partial charge in [-0.2, -0.15) is 4.31 Å². The molecule has 2 aromatic carbocycles. The fourth-order valence-electron chi connectivity index (χ4n) is 2.22. The molecule has 6 nitrogen and oxygen atoms in total. The van der Waals surface area contributed by atoms with E-state index in [-0.39, 0.29) is 11.4 Å². The number of likely N-dealkylation sites (N-methyl/N-ethyl adjacent to an activating group) is 1. The summed E-state index contributed by atoms with van der Waals surface area (Å²) < 4.78 is 58.4. The SMILES string of the molecule is CCN(CC(=O)Nc1c(F)cccc1F)S(=O)(=O)c1ccc(OC)cc1. The number of ether oxygens (including phenoxy) is 1. The van der Waals surface area contributed by atoms with Gasteiger partial charge in [-0.15, -0.1) is 0 Å².